The molecule has 98 valence electrons. The normalized spacial score (nSPS) is 16.1. The van der Waals surface area contributed by atoms with Gasteiger partial charge in [-0.3, -0.25) is 4.79 Å². The lowest BCUT2D eigenvalue weighted by Crippen LogP contribution is -2.30. The fourth-order valence-electron chi connectivity index (χ4n) is 1.67. The third-order valence-corrected chi connectivity index (χ3v) is 3.04. The van der Waals surface area contributed by atoms with Gasteiger partial charge in [0.05, 0.1) is 0 Å². The van der Waals surface area contributed by atoms with Crippen LogP contribution >= 0.6 is 0 Å². The molecule has 0 saturated heterocycles. The molecule has 0 aliphatic heterocycles. The van der Waals surface area contributed by atoms with E-state index >= 15 is 0 Å². The Balaban J connectivity index is 1.77. The van der Waals surface area contributed by atoms with Crippen LogP contribution in [0.3, 0.4) is 0 Å². The second-order valence-corrected chi connectivity index (χ2v) is 4.90. The number of carbonyl (C=O) groups is 1. The fourth-order valence-corrected chi connectivity index (χ4v) is 1.67. The van der Waals surface area contributed by atoms with E-state index in [4.69, 9.17) is 10.5 Å². The number of hydrogen-bond acceptors (Lipinski definition) is 3. The SMILES string of the molecule is CC(N)c1cccc(OCC(=O)NCC2CC2)c1. The lowest BCUT2D eigenvalue weighted by atomic mass is 10.1. The average molecular weight is 248 g/mol. The first-order chi connectivity index (χ1) is 8.65. The van der Waals surface area contributed by atoms with Crippen LogP contribution < -0.4 is 15.8 Å². The van der Waals surface area contributed by atoms with E-state index in [1.807, 2.05) is 31.2 Å². The molecule has 3 N–H and O–H groups in total. The van der Waals surface area contributed by atoms with E-state index in [0.717, 1.165) is 12.1 Å². The number of nitrogens with two attached hydrogens (primary N) is 1. The molecule has 1 aliphatic carbocycles. The minimum absolute atomic E-state index is 0.0303. The molecular weight excluding hydrogens is 228 g/mol. The van der Waals surface area contributed by atoms with Crippen LogP contribution in [0.5, 0.6) is 5.75 Å². The molecule has 1 aliphatic rings. The van der Waals surface area contributed by atoms with Gasteiger partial charge < -0.3 is 15.8 Å². The molecule has 4 heteroatoms. The summed E-state index contributed by atoms with van der Waals surface area (Å²) in [5.74, 6) is 1.31. The van der Waals surface area contributed by atoms with Crippen molar-refractivity contribution in [1.29, 1.82) is 0 Å². The highest BCUT2D eigenvalue weighted by Gasteiger charge is 2.21. The highest BCUT2D eigenvalue weighted by molar-refractivity contribution is 5.77. The number of hydrogen-bond donors (Lipinski definition) is 2. The Labute approximate surface area is 108 Å². The van der Waals surface area contributed by atoms with Crippen molar-refractivity contribution >= 4 is 5.91 Å². The topological polar surface area (TPSA) is 64.3 Å². The van der Waals surface area contributed by atoms with Crippen molar-refractivity contribution in [2.45, 2.75) is 25.8 Å². The zero-order valence-corrected chi connectivity index (χ0v) is 10.7. The molecule has 1 fully saturated rings. The van der Waals surface area contributed by atoms with Crippen molar-refractivity contribution in [2.75, 3.05) is 13.2 Å². The molecule has 18 heavy (non-hydrogen) atoms. The predicted molar refractivity (Wildman–Crippen MR) is 70.3 cm³/mol. The maximum absolute atomic E-state index is 11.5. The minimum Gasteiger partial charge on any atom is -0.484 e. The van der Waals surface area contributed by atoms with Crippen molar-refractivity contribution in [3.05, 3.63) is 29.8 Å². The highest BCUT2D eigenvalue weighted by atomic mass is 16.5. The van der Waals surface area contributed by atoms with Crippen LogP contribution in [0, 0.1) is 5.92 Å². The quantitative estimate of drug-likeness (QED) is 0.804. The van der Waals surface area contributed by atoms with Crippen molar-refractivity contribution in [1.82, 2.24) is 5.32 Å². The first-order valence-electron chi connectivity index (χ1n) is 6.40. The largest absolute Gasteiger partial charge is 0.484 e. The first-order valence-corrected chi connectivity index (χ1v) is 6.40. The second kappa shape index (κ2) is 5.87. The predicted octanol–water partition coefficient (Wildman–Crippen LogP) is 1.61. The summed E-state index contributed by atoms with van der Waals surface area (Å²) in [4.78, 5) is 11.5. The van der Waals surface area contributed by atoms with Gasteiger partial charge in [-0.1, -0.05) is 12.1 Å². The van der Waals surface area contributed by atoms with Crippen LogP contribution in [0.1, 0.15) is 31.4 Å². The third-order valence-electron chi connectivity index (χ3n) is 3.04. The molecule has 0 bridgehead atoms. The van der Waals surface area contributed by atoms with Crippen LogP contribution in [0.25, 0.3) is 0 Å². The summed E-state index contributed by atoms with van der Waals surface area (Å²) < 4.78 is 5.44. The maximum atomic E-state index is 11.5. The van der Waals surface area contributed by atoms with Gasteiger partial charge >= 0.3 is 0 Å². The van der Waals surface area contributed by atoms with Crippen molar-refractivity contribution in [2.24, 2.45) is 11.7 Å². The Morgan fingerprint density at radius 1 is 1.56 bits per heavy atom. The molecule has 1 aromatic carbocycles. The van der Waals surface area contributed by atoms with Gasteiger partial charge in [-0.25, -0.2) is 0 Å². The van der Waals surface area contributed by atoms with E-state index in [1.54, 1.807) is 0 Å². The van der Waals surface area contributed by atoms with E-state index in [1.165, 1.54) is 12.8 Å². The number of rotatable bonds is 6. The minimum atomic E-state index is -0.0619. The van der Waals surface area contributed by atoms with Gasteiger partial charge in [-0.15, -0.1) is 0 Å². The summed E-state index contributed by atoms with van der Waals surface area (Å²) in [5, 5.41) is 2.86. The van der Waals surface area contributed by atoms with E-state index < -0.39 is 0 Å². The van der Waals surface area contributed by atoms with Crippen LogP contribution in [-0.4, -0.2) is 19.1 Å². The molecule has 0 radical (unpaired) electrons. The van der Waals surface area contributed by atoms with Crippen LogP contribution in [0.15, 0.2) is 24.3 Å². The van der Waals surface area contributed by atoms with Crippen LogP contribution in [0.2, 0.25) is 0 Å². The standard InChI is InChI=1S/C14H20N2O2/c1-10(15)12-3-2-4-13(7-12)18-9-14(17)16-8-11-5-6-11/h2-4,7,10-11H,5-6,8-9,15H2,1H3,(H,16,17). The van der Waals surface area contributed by atoms with Crippen molar-refractivity contribution in [3.63, 3.8) is 0 Å². The molecule has 2 rings (SSSR count). The molecule has 4 nitrogen and oxygen atoms in total. The summed E-state index contributed by atoms with van der Waals surface area (Å²) in [7, 11) is 0. The number of nitrogens with one attached hydrogen (secondary N) is 1. The number of ether oxygens (including phenoxy) is 1. The first kappa shape index (κ1) is 12.9. The summed E-state index contributed by atoms with van der Waals surface area (Å²) in [5.41, 5.74) is 6.80. The second-order valence-electron chi connectivity index (χ2n) is 4.90. The van der Waals surface area contributed by atoms with Gasteiger partial charge in [-0.2, -0.15) is 0 Å². The molecule has 1 atom stereocenters. The van der Waals surface area contributed by atoms with Gasteiger partial charge in [0, 0.05) is 12.6 Å². The van der Waals surface area contributed by atoms with E-state index in [0.29, 0.717) is 11.7 Å². The monoisotopic (exact) mass is 248 g/mol. The third kappa shape index (κ3) is 4.04. The lowest BCUT2D eigenvalue weighted by molar-refractivity contribution is -0.123. The zero-order chi connectivity index (χ0) is 13.0. The summed E-state index contributed by atoms with van der Waals surface area (Å²) >= 11 is 0. The van der Waals surface area contributed by atoms with E-state index in [-0.39, 0.29) is 18.6 Å². The number of benzene rings is 1. The Bertz CT molecular complexity index is 414. The molecule has 1 amide bonds. The maximum Gasteiger partial charge on any atom is 0.257 e. The molecule has 1 unspecified atom stereocenters. The number of carbonyl (C=O) groups excluding carboxylic acids is 1. The zero-order valence-electron chi connectivity index (χ0n) is 10.7. The van der Waals surface area contributed by atoms with Crippen molar-refractivity contribution < 1.29 is 9.53 Å². The number of amides is 1. The molecule has 1 aromatic rings. The van der Waals surface area contributed by atoms with Crippen LogP contribution in [0.4, 0.5) is 0 Å². The van der Waals surface area contributed by atoms with Gasteiger partial charge in [-0.05, 0) is 43.4 Å². The van der Waals surface area contributed by atoms with Crippen molar-refractivity contribution in [3.8, 4) is 5.75 Å². The Morgan fingerprint density at radius 2 is 2.33 bits per heavy atom. The van der Waals surface area contributed by atoms with Gasteiger partial charge in [0.15, 0.2) is 6.61 Å². The Morgan fingerprint density at radius 3 is 3.00 bits per heavy atom. The molecule has 0 spiro atoms. The lowest BCUT2D eigenvalue weighted by Gasteiger charge is -2.10. The molecule has 1 saturated carbocycles. The van der Waals surface area contributed by atoms with Gasteiger partial charge in [0.25, 0.3) is 5.91 Å². The summed E-state index contributed by atoms with van der Waals surface area (Å²) in [6, 6.07) is 7.51. The van der Waals surface area contributed by atoms with Gasteiger partial charge in [0.1, 0.15) is 5.75 Å². The molecule has 0 heterocycles. The molecule has 0 aromatic heterocycles. The Hall–Kier alpha value is -1.55. The smallest absolute Gasteiger partial charge is 0.257 e. The summed E-state index contributed by atoms with van der Waals surface area (Å²) in [6.07, 6.45) is 2.47. The van der Waals surface area contributed by atoms with E-state index in [9.17, 15) is 4.79 Å². The average Bonchev–Trinajstić information content (AvgIpc) is 3.18. The van der Waals surface area contributed by atoms with E-state index in [2.05, 4.69) is 5.32 Å². The van der Waals surface area contributed by atoms with Gasteiger partial charge in [0.2, 0.25) is 0 Å². The Kier molecular flexibility index (Phi) is 4.20. The highest BCUT2D eigenvalue weighted by Crippen LogP contribution is 2.27. The fraction of sp³-hybridized carbons (Fsp3) is 0.500. The molecular formula is C14H20N2O2. The summed E-state index contributed by atoms with van der Waals surface area (Å²) in [6.45, 7) is 2.76. The van der Waals surface area contributed by atoms with Crippen LogP contribution in [-0.2, 0) is 4.79 Å².